The van der Waals surface area contributed by atoms with Gasteiger partial charge in [0.05, 0.1) is 36.0 Å². The van der Waals surface area contributed by atoms with E-state index in [1.165, 1.54) is 11.1 Å². The highest BCUT2D eigenvalue weighted by Gasteiger charge is 2.44. The summed E-state index contributed by atoms with van der Waals surface area (Å²) in [6, 6.07) is 15.1. The van der Waals surface area contributed by atoms with E-state index in [0.29, 0.717) is 48.3 Å². The molecular weight excluding hydrogens is 698 g/mol. The van der Waals surface area contributed by atoms with E-state index in [4.69, 9.17) is 21.1 Å². The van der Waals surface area contributed by atoms with Gasteiger partial charge in [-0.25, -0.2) is 9.19 Å². The molecule has 2 aromatic carbocycles. The minimum absolute atomic E-state index is 0.000425. The molecule has 2 aliphatic heterocycles. The lowest BCUT2D eigenvalue weighted by molar-refractivity contribution is 0.0131. The van der Waals surface area contributed by atoms with Gasteiger partial charge >= 0.3 is 0 Å². The van der Waals surface area contributed by atoms with Crippen molar-refractivity contribution in [2.24, 2.45) is 22.1 Å². The number of fused-ring (bicyclic) bond motifs is 5. The molecule has 2 amide bonds. The second-order valence-electron chi connectivity index (χ2n) is 15.0. The first-order valence-corrected chi connectivity index (χ1v) is 20.2. The van der Waals surface area contributed by atoms with Gasteiger partial charge in [0.15, 0.2) is 0 Å². The first-order valence-electron chi connectivity index (χ1n) is 18.2. The third-order valence-corrected chi connectivity index (χ3v) is 13.7. The van der Waals surface area contributed by atoms with E-state index in [-0.39, 0.29) is 23.2 Å². The Morgan fingerprint density at radius 3 is 2.85 bits per heavy atom. The fourth-order valence-corrected chi connectivity index (χ4v) is 10.7. The number of methoxy groups -OCH3 is 1. The van der Waals surface area contributed by atoms with Gasteiger partial charge in [-0.3, -0.25) is 14.3 Å². The first-order chi connectivity index (χ1) is 25.1. The summed E-state index contributed by atoms with van der Waals surface area (Å²) in [5.41, 5.74) is 4.45. The maximum absolute atomic E-state index is 14.6. The predicted octanol–water partition coefficient (Wildman–Crippen LogP) is 7.05. The van der Waals surface area contributed by atoms with E-state index in [9.17, 15) is 13.8 Å². The van der Waals surface area contributed by atoms with Gasteiger partial charge in [0.2, 0.25) is 0 Å². The summed E-state index contributed by atoms with van der Waals surface area (Å²) < 4.78 is 36.0. The molecule has 2 aromatic heterocycles. The number of anilines is 1. The monoisotopic (exact) mass is 741 g/mol. The average molecular weight is 742 g/mol. The van der Waals surface area contributed by atoms with Crippen LogP contribution in [0.3, 0.4) is 0 Å². The molecule has 272 valence electrons. The van der Waals surface area contributed by atoms with Crippen LogP contribution in [0.1, 0.15) is 70.9 Å². The summed E-state index contributed by atoms with van der Waals surface area (Å²) in [5.74, 6) is 0.0522. The molecule has 2 aliphatic carbocycles. The number of ether oxygens (including phenoxy) is 2. The number of hydrogen-bond donors (Lipinski definition) is 1. The van der Waals surface area contributed by atoms with Crippen LogP contribution in [0.2, 0.25) is 5.02 Å². The van der Waals surface area contributed by atoms with Gasteiger partial charge in [-0.15, -0.1) is 4.36 Å². The lowest BCUT2D eigenvalue weighted by atomic mass is 9.68. The molecule has 6 atom stereocenters. The molecule has 2 bridgehead atoms. The van der Waals surface area contributed by atoms with Crippen LogP contribution in [0.25, 0.3) is 5.52 Å². The molecule has 10 nitrogen and oxygen atoms in total. The quantitative estimate of drug-likeness (QED) is 0.224. The summed E-state index contributed by atoms with van der Waals surface area (Å²) in [6.07, 6.45) is 14.7. The summed E-state index contributed by atoms with van der Waals surface area (Å²) in [7, 11) is -1.78. The van der Waals surface area contributed by atoms with Crippen LogP contribution >= 0.6 is 11.6 Å². The molecule has 0 saturated heterocycles. The third kappa shape index (κ3) is 6.74. The summed E-state index contributed by atoms with van der Waals surface area (Å²) in [4.78, 5) is 34.1. The second kappa shape index (κ2) is 14.0. The van der Waals surface area contributed by atoms with Crippen LogP contribution in [-0.2, 0) is 26.5 Å². The van der Waals surface area contributed by atoms with Gasteiger partial charge < -0.3 is 18.8 Å². The average Bonchev–Trinajstić information content (AvgIpc) is 3.49. The molecule has 4 aliphatic rings. The minimum Gasteiger partial charge on any atom is -0.490 e. The number of carbonyl (C=O) groups is 2. The third-order valence-electron chi connectivity index (χ3n) is 11.4. The number of benzene rings is 2. The zero-order valence-corrected chi connectivity index (χ0v) is 31.1. The second-order valence-corrected chi connectivity index (χ2v) is 17.5. The maximum Gasteiger partial charge on any atom is 0.286 e. The van der Waals surface area contributed by atoms with Gasteiger partial charge in [0.1, 0.15) is 15.7 Å². The zero-order valence-electron chi connectivity index (χ0n) is 29.5. The molecule has 0 radical (unpaired) electrons. The van der Waals surface area contributed by atoms with Crippen molar-refractivity contribution in [3.8, 4) is 5.75 Å². The first kappa shape index (κ1) is 34.9. The highest BCUT2D eigenvalue weighted by Crippen LogP contribution is 2.47. The molecule has 1 fully saturated rings. The number of amides is 2. The van der Waals surface area contributed by atoms with Crippen molar-refractivity contribution in [2.75, 3.05) is 37.5 Å². The highest BCUT2D eigenvalue weighted by molar-refractivity contribution is 7.92. The minimum atomic E-state index is -3.55. The van der Waals surface area contributed by atoms with Crippen LogP contribution < -0.4 is 14.4 Å². The molecule has 1 spiro atoms. The lowest BCUT2D eigenvalue weighted by Gasteiger charge is -2.46. The van der Waals surface area contributed by atoms with E-state index in [0.717, 1.165) is 54.9 Å². The molecule has 8 rings (SSSR count). The van der Waals surface area contributed by atoms with E-state index in [2.05, 4.69) is 43.3 Å². The summed E-state index contributed by atoms with van der Waals surface area (Å²) in [6.45, 7) is 3.95. The van der Waals surface area contributed by atoms with Crippen LogP contribution in [0.15, 0.2) is 83.8 Å². The number of aromatic nitrogens is 2. The van der Waals surface area contributed by atoms with Crippen LogP contribution in [0.4, 0.5) is 5.69 Å². The molecule has 4 heterocycles. The fraction of sp³-hybridized carbons (Fsp3) is 0.425. The zero-order chi connectivity index (χ0) is 36.0. The maximum atomic E-state index is 14.6. The predicted molar refractivity (Wildman–Crippen MR) is 203 cm³/mol. The van der Waals surface area contributed by atoms with Gasteiger partial charge in [0.25, 0.3) is 11.8 Å². The van der Waals surface area contributed by atoms with Gasteiger partial charge in [-0.05, 0) is 110 Å². The Bertz CT molecular complexity index is 2160. The molecule has 1 saturated carbocycles. The molecule has 4 aromatic rings. The lowest BCUT2D eigenvalue weighted by Crippen LogP contribution is -2.49. The topological polar surface area (TPSA) is 115 Å². The number of carbonyl (C=O) groups excluding carboxylic acids is 2. The van der Waals surface area contributed by atoms with Crippen molar-refractivity contribution in [2.45, 2.75) is 57.0 Å². The Balaban J connectivity index is 1.19. The number of nitrogens with one attached hydrogen (secondary N) is 1. The van der Waals surface area contributed by atoms with Crippen molar-refractivity contribution < 1.29 is 23.3 Å². The van der Waals surface area contributed by atoms with Crippen molar-refractivity contribution >= 4 is 44.5 Å². The Hall–Kier alpha value is -4.19. The summed E-state index contributed by atoms with van der Waals surface area (Å²) >= 11 is 6.46. The van der Waals surface area contributed by atoms with Crippen molar-refractivity contribution in [1.82, 2.24) is 14.1 Å². The van der Waals surface area contributed by atoms with Crippen LogP contribution in [0.5, 0.6) is 5.75 Å². The van der Waals surface area contributed by atoms with Crippen molar-refractivity contribution in [3.63, 3.8) is 0 Å². The normalized spacial score (nSPS) is 29.5. The Kier molecular flexibility index (Phi) is 9.38. The van der Waals surface area contributed by atoms with E-state index >= 15 is 0 Å². The molecule has 1 N–H and O–H groups in total. The van der Waals surface area contributed by atoms with Crippen molar-refractivity contribution in [3.05, 3.63) is 107 Å². The van der Waals surface area contributed by atoms with Gasteiger partial charge in [-0.2, -0.15) is 0 Å². The molecule has 52 heavy (non-hydrogen) atoms. The number of allylic oxidation sites excluding steroid dienone is 1. The van der Waals surface area contributed by atoms with Crippen LogP contribution in [0, 0.1) is 17.8 Å². The highest BCUT2D eigenvalue weighted by atomic mass is 35.5. The van der Waals surface area contributed by atoms with Gasteiger partial charge in [0, 0.05) is 54.1 Å². The smallest absolute Gasteiger partial charge is 0.286 e. The van der Waals surface area contributed by atoms with Crippen LogP contribution in [-0.4, -0.2) is 64.1 Å². The van der Waals surface area contributed by atoms with E-state index in [1.807, 2.05) is 25.1 Å². The Morgan fingerprint density at radius 1 is 1.15 bits per heavy atom. The number of aryl methyl sites for hydroxylation is 1. The summed E-state index contributed by atoms with van der Waals surface area (Å²) in [5, 5.41) is 0.739. The number of halogens is 1. The van der Waals surface area contributed by atoms with Crippen molar-refractivity contribution in [1.29, 1.82) is 0 Å². The Labute approximate surface area is 309 Å². The Morgan fingerprint density at radius 2 is 2.04 bits per heavy atom. The fourth-order valence-electron chi connectivity index (χ4n) is 8.65. The van der Waals surface area contributed by atoms with Gasteiger partial charge in [-0.1, -0.05) is 36.7 Å². The number of rotatable bonds is 3. The molecule has 12 heteroatoms. The van der Waals surface area contributed by atoms with E-state index < -0.39 is 21.7 Å². The SMILES string of the molecule is CO[C@H]1/C=C/C[C@H](C)C[S@@](=O)(NC(=O)c2cc3ccncn3c2)=NC(=O)c2ccc3c(c2)N(C[C@@H]2CC[C@H]21)C[C@@]1(CCCc2cc(Cl)ccc21)CO3. The van der Waals surface area contributed by atoms with E-state index in [1.54, 1.807) is 48.4 Å². The number of hydrogen-bond acceptors (Lipinski definition) is 7. The molecule has 0 unspecified atom stereocenters. The number of nitrogens with zero attached hydrogens (tertiary/aromatic N) is 4. The largest absolute Gasteiger partial charge is 0.490 e. The standard InChI is InChI=1S/C40H44ClN5O5S/c1-26-5-3-7-36(50-2)33-11-8-29(33)20-45-23-40(15-4-6-27-17-31(41)10-12-34(27)40)24-51-37-13-9-28(19-35(37)45)38(47)43-52(49,22-26)44-39(48)30-18-32-14-16-42-25-46(32)21-30/h3,7,9-10,12-14,16-19,21,25-26,29,33,36H,4-6,8,11,15,20,22-24H2,1-2H3,(H,43,44,47,48,49)/b7-3+/t26-,29-,33+,36-,40-,52-/m0/s1. The molecular formula is C40H44ClN5O5S.